The van der Waals surface area contributed by atoms with E-state index in [-0.39, 0.29) is 107 Å². The normalized spacial score (nSPS) is 12.2. The van der Waals surface area contributed by atoms with E-state index in [2.05, 4.69) is 60.4 Å². The summed E-state index contributed by atoms with van der Waals surface area (Å²) in [5.74, 6) is -4.25. The number of carbonyl (C=O) groups is 8. The number of hydrogen-bond acceptors (Lipinski definition) is 18. The lowest BCUT2D eigenvalue weighted by molar-refractivity contribution is -0.146. The van der Waals surface area contributed by atoms with Crippen LogP contribution in [0.1, 0.15) is 82.9 Å². The van der Waals surface area contributed by atoms with Crippen LogP contribution in [-0.4, -0.2) is 101 Å². The van der Waals surface area contributed by atoms with Gasteiger partial charge in [-0.1, -0.05) is 99.1 Å². The summed E-state index contributed by atoms with van der Waals surface area (Å²) in [6.45, 7) is 21.1. The van der Waals surface area contributed by atoms with E-state index in [4.69, 9.17) is 37.9 Å². The minimum Gasteiger partial charge on any atom is -0.463 e. The van der Waals surface area contributed by atoms with Crippen LogP contribution in [0.5, 0.6) is 0 Å². The Morgan fingerprint density at radius 3 is 0.933 bits per heavy atom. The van der Waals surface area contributed by atoms with Crippen molar-refractivity contribution < 1.29 is 76.3 Å². The Bertz CT molecular complexity index is 3320. The van der Waals surface area contributed by atoms with Gasteiger partial charge in [0.25, 0.3) is 0 Å². The first-order valence-electron chi connectivity index (χ1n) is 29.9. The van der Waals surface area contributed by atoms with Crippen LogP contribution >= 0.6 is 0 Å². The van der Waals surface area contributed by atoms with Crippen molar-refractivity contribution in [2.75, 3.05) is 62.7 Å². The maximum Gasteiger partial charge on any atom is 0.336 e. The smallest absolute Gasteiger partial charge is 0.336 e. The van der Waals surface area contributed by atoms with E-state index >= 15 is 0 Å². The first-order chi connectivity index (χ1) is 43.4. The number of esters is 8. The van der Waals surface area contributed by atoms with E-state index < -0.39 is 47.8 Å². The number of nitrogens with zero attached hydrogens (tertiary/aromatic N) is 2. The Hall–Kier alpha value is -10.1. The van der Waals surface area contributed by atoms with Crippen molar-refractivity contribution in [3.05, 3.63) is 211 Å². The molecule has 472 valence electrons. The van der Waals surface area contributed by atoms with Crippen molar-refractivity contribution in [3.63, 3.8) is 0 Å². The van der Waals surface area contributed by atoms with Crippen LogP contribution in [0.4, 0.5) is 28.4 Å². The molecule has 0 amide bonds. The molecule has 0 spiro atoms. The van der Waals surface area contributed by atoms with Crippen LogP contribution < -0.4 is 9.80 Å². The molecule has 18 nitrogen and oxygen atoms in total. The quantitative estimate of drug-likeness (QED) is 0.0209. The van der Waals surface area contributed by atoms with Gasteiger partial charge in [0.05, 0.1) is 48.7 Å². The van der Waals surface area contributed by atoms with Gasteiger partial charge in [0.1, 0.15) is 26.4 Å². The molecule has 5 aromatic rings. The van der Waals surface area contributed by atoms with Gasteiger partial charge in [0.2, 0.25) is 0 Å². The Morgan fingerprint density at radius 1 is 0.378 bits per heavy atom. The van der Waals surface area contributed by atoms with Gasteiger partial charge in [-0.3, -0.25) is 19.2 Å². The summed E-state index contributed by atoms with van der Waals surface area (Å²) in [7, 11) is 0. The summed E-state index contributed by atoms with van der Waals surface area (Å²) in [4.78, 5) is 103. The van der Waals surface area contributed by atoms with Gasteiger partial charge in [-0.05, 0) is 160 Å². The second-order valence-electron chi connectivity index (χ2n) is 20.7. The van der Waals surface area contributed by atoms with E-state index in [1.165, 1.54) is 0 Å². The lowest BCUT2D eigenvalue weighted by Crippen LogP contribution is -2.18. The maximum absolute atomic E-state index is 12.7. The highest BCUT2D eigenvalue weighted by Gasteiger charge is 2.22. The molecule has 5 aromatic carbocycles. The fourth-order valence-corrected chi connectivity index (χ4v) is 9.14. The van der Waals surface area contributed by atoms with Crippen molar-refractivity contribution in [1.82, 2.24) is 0 Å². The summed E-state index contributed by atoms with van der Waals surface area (Å²) in [6.07, 6.45) is 9.02. The minimum absolute atomic E-state index is 0.0515. The highest BCUT2D eigenvalue weighted by Crippen LogP contribution is 2.38. The molecule has 6 rings (SSSR count). The summed E-state index contributed by atoms with van der Waals surface area (Å²) >= 11 is 0. The molecule has 1 aliphatic carbocycles. The van der Waals surface area contributed by atoms with Crippen LogP contribution in [0.3, 0.4) is 0 Å². The third-order valence-corrected chi connectivity index (χ3v) is 14.1. The summed E-state index contributed by atoms with van der Waals surface area (Å²) in [5.41, 5.74) is 10.00. The van der Waals surface area contributed by atoms with Crippen molar-refractivity contribution in [2.24, 2.45) is 5.92 Å². The lowest BCUT2D eigenvalue weighted by Gasteiger charge is -2.29. The molecular weight excluding hydrogens is 1150 g/mol. The highest BCUT2D eigenvalue weighted by molar-refractivity contribution is 5.90. The molecule has 0 aliphatic heterocycles. The number of rotatable bonds is 35. The summed E-state index contributed by atoms with van der Waals surface area (Å²) in [5, 5.41) is 0. The largest absolute Gasteiger partial charge is 0.463 e. The number of allylic oxidation sites excluding steroid dienone is 3. The van der Waals surface area contributed by atoms with Gasteiger partial charge in [0.15, 0.2) is 0 Å². The van der Waals surface area contributed by atoms with Crippen molar-refractivity contribution >= 4 is 76.2 Å². The SMILES string of the molecule is C=C(COC(=O)CCc1ccc(N(C2=CCC(CCC(=O)OCC(=C)C(=O)OCC)C=C2)c2ccc(-c3ccc(N(c4ccc(CCC(=O)OCC(=C)C(=O)OCC)cc4)c4ccc(CCC(=O)OCC(=C)C(=O)OCC)cc4)cc3)cc2)cc1)C(=O)OCC. The fraction of sp³-hybridized carbons (Fsp3) is 0.306. The van der Waals surface area contributed by atoms with Crippen LogP contribution in [0.15, 0.2) is 194 Å². The molecule has 1 aliphatic rings. The average Bonchev–Trinajstić information content (AvgIpc) is 1.22. The highest BCUT2D eigenvalue weighted by atomic mass is 16.6. The molecule has 1 unspecified atom stereocenters. The van der Waals surface area contributed by atoms with E-state index in [0.29, 0.717) is 32.1 Å². The zero-order valence-electron chi connectivity index (χ0n) is 51.6. The molecule has 90 heavy (non-hydrogen) atoms. The number of hydrogen-bond donors (Lipinski definition) is 0. The van der Waals surface area contributed by atoms with E-state index in [1.54, 1.807) is 27.7 Å². The lowest BCUT2D eigenvalue weighted by atomic mass is 9.94. The monoisotopic (exact) mass is 1230 g/mol. The first kappa shape index (κ1) is 69.0. The van der Waals surface area contributed by atoms with Crippen LogP contribution in [0.25, 0.3) is 11.1 Å². The molecule has 0 heterocycles. The molecule has 18 heteroatoms. The molecule has 0 radical (unpaired) electrons. The molecule has 0 N–H and O–H groups in total. The maximum atomic E-state index is 12.7. The molecule has 0 saturated heterocycles. The third kappa shape index (κ3) is 21.6. The van der Waals surface area contributed by atoms with Crippen LogP contribution in [0, 0.1) is 5.92 Å². The molecule has 0 fully saturated rings. The van der Waals surface area contributed by atoms with Crippen molar-refractivity contribution in [1.29, 1.82) is 0 Å². The molecular formula is C72H78N2O16. The van der Waals surface area contributed by atoms with Gasteiger partial charge < -0.3 is 47.7 Å². The average molecular weight is 1230 g/mol. The number of aryl methyl sites for hydroxylation is 3. The Kier molecular flexibility index (Phi) is 27.3. The predicted octanol–water partition coefficient (Wildman–Crippen LogP) is 12.6. The Morgan fingerprint density at radius 2 is 0.656 bits per heavy atom. The van der Waals surface area contributed by atoms with Gasteiger partial charge in [-0.15, -0.1) is 0 Å². The zero-order chi connectivity index (χ0) is 65.0. The van der Waals surface area contributed by atoms with E-state index in [1.807, 2.05) is 115 Å². The van der Waals surface area contributed by atoms with Crippen LogP contribution in [0.2, 0.25) is 0 Å². The van der Waals surface area contributed by atoms with Gasteiger partial charge in [-0.2, -0.15) is 0 Å². The number of ether oxygens (including phenoxy) is 8. The van der Waals surface area contributed by atoms with Crippen LogP contribution in [-0.2, 0) is 95.5 Å². The predicted molar refractivity (Wildman–Crippen MR) is 342 cm³/mol. The van der Waals surface area contributed by atoms with E-state index in [9.17, 15) is 38.4 Å². The third-order valence-electron chi connectivity index (χ3n) is 14.1. The molecule has 0 bridgehead atoms. The topological polar surface area (TPSA) is 217 Å². The van der Waals surface area contributed by atoms with Crippen molar-refractivity contribution in [3.8, 4) is 11.1 Å². The molecule has 0 aromatic heterocycles. The van der Waals surface area contributed by atoms with E-state index in [0.717, 1.165) is 62.0 Å². The Balaban J connectivity index is 1.20. The summed E-state index contributed by atoms with van der Waals surface area (Å²) < 4.78 is 40.9. The Labute approximate surface area is 526 Å². The van der Waals surface area contributed by atoms with Gasteiger partial charge in [0, 0.05) is 59.8 Å². The molecule has 1 atom stereocenters. The fourth-order valence-electron chi connectivity index (χ4n) is 9.14. The van der Waals surface area contributed by atoms with Gasteiger partial charge in [-0.25, -0.2) is 19.2 Å². The second-order valence-corrected chi connectivity index (χ2v) is 20.7. The van der Waals surface area contributed by atoms with Crippen molar-refractivity contribution in [2.45, 2.75) is 85.5 Å². The second kappa shape index (κ2) is 35.6. The minimum atomic E-state index is -0.613. The first-order valence-corrected chi connectivity index (χ1v) is 29.9. The number of benzene rings is 5. The van der Waals surface area contributed by atoms with Gasteiger partial charge >= 0.3 is 47.8 Å². The zero-order valence-corrected chi connectivity index (χ0v) is 51.6. The molecule has 0 saturated carbocycles. The number of anilines is 5. The number of carbonyl (C=O) groups excluding carboxylic acids is 8. The summed E-state index contributed by atoms with van der Waals surface area (Å²) in [6, 6.07) is 39.9. The standard InChI is InChI=1S/C72H78N2O16/c1-9-83-69(79)49(5)45-87-65(75)41-21-53-13-29-59(30-14-53)73(60-31-15-54(16-32-60)22-42-66(76)88-46-50(6)70(80)84-10-2)63-37-25-57(26-38-63)58-27-39-64(40-28-58)74(61-33-17-55(18-34-61)23-43-67(77)89-47-51(7)71(81)85-11-3)62-35-19-56(20-36-62)24-44-68(78)90-48-52(8)72(82)86-12-4/h13-19,25-40,56H,5-12,20-24,41-48H2,1-4H3.